The molecule has 56 heavy (non-hydrogen) atoms. The van der Waals surface area contributed by atoms with Crippen molar-refractivity contribution in [1.29, 1.82) is 5.26 Å². The van der Waals surface area contributed by atoms with E-state index in [9.17, 15) is 5.26 Å². The smallest absolute Gasteiger partial charge is 0.138 e. The highest BCUT2D eigenvalue weighted by Gasteiger charge is 2.25. The number of benzene rings is 5. The van der Waals surface area contributed by atoms with Gasteiger partial charge in [-0.2, -0.15) is 5.26 Å². The zero-order chi connectivity index (χ0) is 40.1. The number of nitriles is 1. The molecule has 8 rings (SSSR count). The van der Waals surface area contributed by atoms with Crippen LogP contribution in [0.3, 0.4) is 0 Å². The van der Waals surface area contributed by atoms with Crippen molar-refractivity contribution >= 4 is 43.6 Å². The summed E-state index contributed by atoms with van der Waals surface area (Å²) in [7, 11) is 0. The normalized spacial score (nSPS) is 13.0. The molecular formula is C52H54N4. The Hall–Kier alpha value is -5.66. The van der Waals surface area contributed by atoms with Crippen LogP contribution in [-0.2, 0) is 21.7 Å². The second-order valence-electron chi connectivity index (χ2n) is 19.8. The molecule has 8 aromatic rings. The lowest BCUT2D eigenvalue weighted by molar-refractivity contribution is 0.590. The van der Waals surface area contributed by atoms with Gasteiger partial charge >= 0.3 is 0 Å². The lowest BCUT2D eigenvalue weighted by Gasteiger charge is -2.20. The highest BCUT2D eigenvalue weighted by molar-refractivity contribution is 6.11. The van der Waals surface area contributed by atoms with Crippen LogP contribution in [0, 0.1) is 11.3 Å². The molecule has 0 atom stereocenters. The van der Waals surface area contributed by atoms with E-state index in [-0.39, 0.29) is 21.7 Å². The standard InChI is InChI=1S/C52H54N4/c1-49(2,3)34-17-21-43-39(25-34)40-26-35(50(4,5)6)18-22-44(40)55(43)47-31-54-48(29-38(47)33-15-13-32(30-53)14-16-33)56-45-23-19-36(51(7,8)9)27-41(45)42-28-37(52(10,11)12)20-24-46(42)56/h13-29,31H,1-12H3. The zero-order valence-electron chi connectivity index (χ0n) is 35.2. The van der Waals surface area contributed by atoms with Crippen molar-refractivity contribution in [3.05, 3.63) is 137 Å². The molecule has 0 fully saturated rings. The molecule has 4 nitrogen and oxygen atoms in total. The van der Waals surface area contributed by atoms with Gasteiger partial charge in [0.05, 0.1) is 45.6 Å². The number of hydrogen-bond donors (Lipinski definition) is 0. The van der Waals surface area contributed by atoms with Gasteiger partial charge < -0.3 is 4.57 Å². The van der Waals surface area contributed by atoms with E-state index < -0.39 is 0 Å². The van der Waals surface area contributed by atoms with Crippen molar-refractivity contribution in [3.63, 3.8) is 0 Å². The quantitative estimate of drug-likeness (QED) is 0.181. The third kappa shape index (κ3) is 6.28. The third-order valence-corrected chi connectivity index (χ3v) is 11.7. The number of fused-ring (bicyclic) bond motifs is 6. The first kappa shape index (κ1) is 37.3. The molecule has 0 amide bonds. The highest BCUT2D eigenvalue weighted by atomic mass is 15.1. The Morgan fingerprint density at radius 2 is 0.804 bits per heavy atom. The van der Waals surface area contributed by atoms with Crippen molar-refractivity contribution in [1.82, 2.24) is 14.1 Å². The minimum absolute atomic E-state index is 0.00467. The van der Waals surface area contributed by atoms with Crippen LogP contribution in [0.2, 0.25) is 0 Å². The SMILES string of the molecule is CC(C)(C)c1ccc2c(c1)c1cc(C(C)(C)C)ccc1n2-c1cc(-c2ccc(C#N)cc2)c(-n2c3ccc(C(C)(C)C)cc3c3cc(C(C)(C)C)ccc32)cn1. The molecule has 0 bridgehead atoms. The number of aromatic nitrogens is 3. The topological polar surface area (TPSA) is 46.5 Å². The van der Waals surface area contributed by atoms with Gasteiger partial charge in [-0.05, 0) is 116 Å². The molecule has 0 unspecified atom stereocenters. The number of rotatable bonds is 3. The van der Waals surface area contributed by atoms with Crippen molar-refractivity contribution in [3.8, 4) is 28.7 Å². The van der Waals surface area contributed by atoms with Gasteiger partial charge in [-0.1, -0.05) is 119 Å². The first-order valence-corrected chi connectivity index (χ1v) is 19.9. The average molecular weight is 735 g/mol. The van der Waals surface area contributed by atoms with Gasteiger partial charge in [0.15, 0.2) is 0 Å². The molecule has 0 spiro atoms. The minimum atomic E-state index is 0.00467. The lowest BCUT2D eigenvalue weighted by Crippen LogP contribution is -2.10. The lowest BCUT2D eigenvalue weighted by atomic mass is 9.85. The summed E-state index contributed by atoms with van der Waals surface area (Å²) in [5.41, 5.74) is 13.5. The zero-order valence-corrected chi connectivity index (χ0v) is 35.2. The second kappa shape index (κ2) is 12.7. The fraction of sp³-hybridized carbons (Fsp3) is 0.308. The van der Waals surface area contributed by atoms with Crippen molar-refractivity contribution in [2.45, 2.75) is 105 Å². The molecule has 0 saturated heterocycles. The summed E-state index contributed by atoms with van der Waals surface area (Å²) in [6.07, 6.45) is 2.06. The first-order chi connectivity index (χ1) is 26.2. The van der Waals surface area contributed by atoms with Crippen LogP contribution in [-0.4, -0.2) is 14.1 Å². The summed E-state index contributed by atoms with van der Waals surface area (Å²) in [6, 6.07) is 40.3. The van der Waals surface area contributed by atoms with E-state index in [0.717, 1.165) is 44.7 Å². The molecule has 0 aliphatic heterocycles. The molecule has 4 heteroatoms. The Labute approximate surface area is 332 Å². The monoisotopic (exact) mass is 734 g/mol. The largest absolute Gasteiger partial charge is 0.307 e. The molecule has 0 aliphatic carbocycles. The highest BCUT2D eigenvalue weighted by Crippen LogP contribution is 2.42. The summed E-state index contributed by atoms with van der Waals surface area (Å²) in [4.78, 5) is 5.36. The van der Waals surface area contributed by atoms with E-state index >= 15 is 0 Å². The Morgan fingerprint density at radius 1 is 0.446 bits per heavy atom. The molecular weight excluding hydrogens is 681 g/mol. The maximum atomic E-state index is 9.74. The van der Waals surface area contributed by atoms with Crippen LogP contribution in [0.4, 0.5) is 0 Å². The fourth-order valence-electron chi connectivity index (χ4n) is 8.11. The number of hydrogen-bond acceptors (Lipinski definition) is 2. The van der Waals surface area contributed by atoms with E-state index in [0.29, 0.717) is 5.56 Å². The van der Waals surface area contributed by atoms with Crippen molar-refractivity contribution in [2.24, 2.45) is 0 Å². The van der Waals surface area contributed by atoms with Crippen LogP contribution in [0.1, 0.15) is 111 Å². The number of nitrogens with zero attached hydrogens (tertiary/aromatic N) is 4. The van der Waals surface area contributed by atoms with Crippen LogP contribution in [0.15, 0.2) is 109 Å². The summed E-state index contributed by atoms with van der Waals surface area (Å²) in [6.45, 7) is 27.3. The third-order valence-electron chi connectivity index (χ3n) is 11.7. The molecule has 0 saturated carbocycles. The first-order valence-electron chi connectivity index (χ1n) is 19.9. The maximum absolute atomic E-state index is 9.74. The summed E-state index contributed by atoms with van der Waals surface area (Å²) in [5, 5.41) is 14.7. The van der Waals surface area contributed by atoms with E-state index in [2.05, 4.69) is 195 Å². The Balaban J connectivity index is 1.46. The molecule has 0 radical (unpaired) electrons. The predicted octanol–water partition coefficient (Wildman–Crippen LogP) is 14.0. The molecule has 282 valence electrons. The van der Waals surface area contributed by atoms with Crippen LogP contribution >= 0.6 is 0 Å². The molecule has 5 aromatic carbocycles. The fourth-order valence-corrected chi connectivity index (χ4v) is 8.11. The molecule has 3 aromatic heterocycles. The van der Waals surface area contributed by atoms with Gasteiger partial charge in [-0.3, -0.25) is 4.57 Å². The van der Waals surface area contributed by atoms with Crippen molar-refractivity contribution in [2.75, 3.05) is 0 Å². The molecule has 0 aliphatic rings. The maximum Gasteiger partial charge on any atom is 0.138 e. The van der Waals surface area contributed by atoms with E-state index in [4.69, 9.17) is 4.98 Å². The second-order valence-corrected chi connectivity index (χ2v) is 19.8. The van der Waals surface area contributed by atoms with Gasteiger partial charge in [0.2, 0.25) is 0 Å². The van der Waals surface area contributed by atoms with E-state index in [1.54, 1.807) is 0 Å². The van der Waals surface area contributed by atoms with E-state index in [1.165, 1.54) is 43.8 Å². The molecule has 3 heterocycles. The van der Waals surface area contributed by atoms with Gasteiger partial charge in [-0.25, -0.2) is 4.98 Å². The van der Waals surface area contributed by atoms with Crippen LogP contribution < -0.4 is 0 Å². The van der Waals surface area contributed by atoms with Gasteiger partial charge in [0.25, 0.3) is 0 Å². The predicted molar refractivity (Wildman–Crippen MR) is 238 cm³/mol. The van der Waals surface area contributed by atoms with Crippen LogP contribution in [0.25, 0.3) is 66.2 Å². The van der Waals surface area contributed by atoms with E-state index in [1.807, 2.05) is 12.1 Å². The van der Waals surface area contributed by atoms with Crippen molar-refractivity contribution < 1.29 is 0 Å². The Kier molecular flexibility index (Phi) is 8.44. The van der Waals surface area contributed by atoms with Gasteiger partial charge in [-0.15, -0.1) is 0 Å². The summed E-state index contributed by atoms with van der Waals surface area (Å²) in [5.74, 6) is 0.853. The molecule has 0 N–H and O–H groups in total. The Bertz CT molecular complexity index is 2740. The van der Waals surface area contributed by atoms with Crippen LogP contribution in [0.5, 0.6) is 0 Å². The van der Waals surface area contributed by atoms with Gasteiger partial charge in [0.1, 0.15) is 5.82 Å². The average Bonchev–Trinajstić information content (AvgIpc) is 3.64. The summed E-state index contributed by atoms with van der Waals surface area (Å²) < 4.78 is 4.72. The minimum Gasteiger partial charge on any atom is -0.307 e. The Morgan fingerprint density at radius 3 is 1.14 bits per heavy atom. The number of pyridine rings is 1. The van der Waals surface area contributed by atoms with Gasteiger partial charge in [0, 0.05) is 27.1 Å². The summed E-state index contributed by atoms with van der Waals surface area (Å²) >= 11 is 0.